The molecule has 0 aliphatic carbocycles. The average Bonchev–Trinajstić information content (AvgIpc) is 3.45. The molecule has 0 aliphatic rings. The van der Waals surface area contributed by atoms with Crippen LogP contribution in [-0.4, -0.2) is 83.7 Å². The summed E-state index contributed by atoms with van der Waals surface area (Å²) in [7, 11) is 3.55. The van der Waals surface area contributed by atoms with Crippen LogP contribution >= 0.6 is 59.0 Å². The zero-order valence-corrected chi connectivity index (χ0v) is 51.4. The van der Waals surface area contributed by atoms with E-state index in [0.717, 1.165) is 68.6 Å². The van der Waals surface area contributed by atoms with Gasteiger partial charge in [-0.25, -0.2) is 16.4 Å². The smallest absolute Gasteiger partial charge is 0.256 e. The molecule has 0 atom stereocenters. The zero-order valence-electron chi connectivity index (χ0n) is 45.4. The summed E-state index contributed by atoms with van der Waals surface area (Å²) in [6, 6.07) is 39.7. The van der Waals surface area contributed by atoms with E-state index in [-0.39, 0.29) is 78.4 Å². The van der Waals surface area contributed by atoms with Gasteiger partial charge in [-0.15, -0.1) is 30.0 Å². The van der Waals surface area contributed by atoms with E-state index in [1.54, 1.807) is 19.2 Å². The van der Waals surface area contributed by atoms with Gasteiger partial charge in [-0.1, -0.05) is 186 Å². The van der Waals surface area contributed by atoms with Crippen molar-refractivity contribution in [2.75, 3.05) is 66.6 Å². The summed E-state index contributed by atoms with van der Waals surface area (Å²) in [6.07, 6.45) is 5.21. The zero-order chi connectivity index (χ0) is 54.7. The van der Waals surface area contributed by atoms with Gasteiger partial charge in [0.15, 0.2) is 0 Å². The number of hydrogen-bond acceptors (Lipinski definition) is 19. The quantitative estimate of drug-likeness (QED) is 0.0135. The third kappa shape index (κ3) is 51.6. The molecule has 24 heteroatoms. The minimum atomic E-state index is 0. The topological polar surface area (TPSA) is 233 Å². The first-order chi connectivity index (χ1) is 36.2. The molecular weight excluding hydrogens is 1240 g/mol. The van der Waals surface area contributed by atoms with E-state index in [1.807, 2.05) is 128 Å². The Morgan fingerprint density at radius 3 is 1.17 bits per heavy atom. The number of carbonyl (C=O) groups excluding carboxylic acids is 1. The molecule has 0 spiro atoms. The van der Waals surface area contributed by atoms with E-state index >= 15 is 0 Å². The number of aromatic nitrogens is 6. The Kier molecular flexibility index (Phi) is 77.1. The number of halogens is 4. The molecule has 0 fully saturated rings. The molecule has 0 aliphatic heterocycles. The molecule has 2 heterocycles. The number of oxime groups is 1. The molecule has 7 N–H and O–H groups in total. The minimum Gasteiger partial charge on any atom is -0.391 e. The average molecular weight is 1340 g/mol. The summed E-state index contributed by atoms with van der Waals surface area (Å²) in [6.45, 7) is 21.0. The first-order valence-corrected chi connectivity index (χ1v) is 25.9. The van der Waals surface area contributed by atoms with E-state index in [0.29, 0.717) is 56.2 Å². The van der Waals surface area contributed by atoms with Gasteiger partial charge in [-0.05, 0) is 59.5 Å². The van der Waals surface area contributed by atoms with Crippen molar-refractivity contribution in [3.8, 4) is 0 Å². The van der Waals surface area contributed by atoms with Gasteiger partial charge in [0.05, 0.1) is 13.2 Å². The van der Waals surface area contributed by atoms with Crippen LogP contribution in [0.5, 0.6) is 0 Å². The van der Waals surface area contributed by atoms with Crippen molar-refractivity contribution in [1.82, 2.24) is 35.4 Å². The number of nitrogens with two attached hydrogens (primary N) is 1. The Bertz CT molecular complexity index is 2150. The van der Waals surface area contributed by atoms with E-state index in [2.05, 4.69) is 135 Å². The molecule has 2 aromatic heterocycles. The Balaban J connectivity index is -0.000000137. The fourth-order valence-corrected chi connectivity index (χ4v) is 5.18. The predicted octanol–water partition coefficient (Wildman–Crippen LogP) is 14.7. The number of carbonyl (C=O) groups is 1. The molecule has 0 bridgehead atoms. The predicted molar refractivity (Wildman–Crippen MR) is 353 cm³/mol. The SMILES string of the molecule is C.C.C.C.C=NOCc1ccccc1.C=O.CCCNc1nc(Cl)nc(NCCC)n1.CCCNc1nc(NCCC)nc(N(C)OCc2ccccc2)n1.CC[CH-]I.CNOCc1ccccc1.Cl.Cl.NOCc1ccccc1.[V]. The minimum absolute atomic E-state index is 0. The third-order valence-electron chi connectivity index (χ3n) is 8.55. The Hall–Kier alpha value is -4.98. The summed E-state index contributed by atoms with van der Waals surface area (Å²) in [5, 5.41) is 17.6. The number of nitrogens with zero attached hydrogens (tertiary/aromatic N) is 8. The maximum atomic E-state index is 8.00. The second-order valence-corrected chi connectivity index (χ2v) is 15.9. The molecule has 19 nitrogen and oxygen atoms in total. The molecule has 0 unspecified atom stereocenters. The Labute approximate surface area is 530 Å². The second-order valence-electron chi connectivity index (χ2n) is 14.7. The fourth-order valence-electron chi connectivity index (χ4n) is 5.02. The number of rotatable bonds is 25. The maximum Gasteiger partial charge on any atom is 0.256 e. The van der Waals surface area contributed by atoms with Gasteiger partial charge >= 0.3 is 0 Å². The van der Waals surface area contributed by atoms with Crippen LogP contribution in [-0.2, 0) is 69.1 Å². The molecule has 459 valence electrons. The molecule has 6 aromatic rings. The first kappa shape index (κ1) is 92.5. The van der Waals surface area contributed by atoms with Crippen LogP contribution in [0.15, 0.2) is 126 Å². The number of anilines is 5. The van der Waals surface area contributed by atoms with E-state index < -0.39 is 0 Å². The molecule has 0 saturated heterocycles. The first-order valence-electron chi connectivity index (χ1n) is 24.2. The van der Waals surface area contributed by atoms with Crippen LogP contribution in [0.25, 0.3) is 0 Å². The van der Waals surface area contributed by atoms with Gasteiger partial charge in [0.1, 0.15) is 20.0 Å². The van der Waals surface area contributed by atoms with Gasteiger partial charge in [0.2, 0.25) is 29.1 Å². The standard InChI is InChI=1S/C17H26N6O.C9H16ClN5.C8H11NO.C8H9NO.C7H9NO.C3H6I.CH2O.4CH4.2ClH.V/c1-4-11-18-15-20-16(19-12-5-2)22-17(21-15)23(3)24-13-14-9-7-6-8-10-14;1-3-5-11-8-13-7(10)14-9(15-8)12-6-4-2;2*1-9-10-7-8-5-3-2-4-6-8;8-9-6-7-4-2-1-3-5-7;1-2-3-4;1-2;;;;;;;/h6-10H,4-5,11-13H2,1-3H3,(H2,18,19,20,21,22);3-6H2,1-2H3,(H2,11,12,13,14,15);2-6,9H,7H2,1H3;2-6H,1,7H2;1-5H,6,8H2;3H,2H2,1H3;1H2;4*1H4;2*1H;/q;;;;;-1;;;;;;;;. The van der Waals surface area contributed by atoms with Crippen molar-refractivity contribution in [2.45, 2.75) is 123 Å². The van der Waals surface area contributed by atoms with Crippen molar-refractivity contribution >= 4 is 102 Å². The summed E-state index contributed by atoms with van der Waals surface area (Å²) in [5.41, 5.74) is 7.09. The normalized spacial score (nSPS) is 8.72. The van der Waals surface area contributed by atoms with Gasteiger partial charge in [-0.3, -0.25) is 18.9 Å². The van der Waals surface area contributed by atoms with Crippen molar-refractivity contribution in [3.63, 3.8) is 0 Å². The van der Waals surface area contributed by atoms with Crippen LogP contribution < -0.4 is 37.7 Å². The van der Waals surface area contributed by atoms with Crippen LogP contribution in [0.1, 0.15) is 119 Å². The van der Waals surface area contributed by atoms with E-state index in [9.17, 15) is 0 Å². The van der Waals surface area contributed by atoms with Gasteiger partial charge in [0.25, 0.3) is 5.95 Å². The number of nitrogens with one attached hydrogen (secondary N) is 5. The molecule has 4 aromatic carbocycles. The monoisotopic (exact) mass is 1340 g/mol. The second kappa shape index (κ2) is 67.5. The van der Waals surface area contributed by atoms with Crippen molar-refractivity contribution < 1.29 is 42.7 Å². The summed E-state index contributed by atoms with van der Waals surface area (Å²) in [5.74, 6) is 7.48. The fraction of sp³-hybridized carbons (Fsp3) is 0.421. The van der Waals surface area contributed by atoms with E-state index in [4.69, 9.17) is 36.8 Å². The molecule has 0 saturated carbocycles. The summed E-state index contributed by atoms with van der Waals surface area (Å²) in [4.78, 5) is 53.2. The van der Waals surface area contributed by atoms with Crippen LogP contribution in [0.3, 0.4) is 0 Å². The molecule has 1 radical (unpaired) electrons. The van der Waals surface area contributed by atoms with Gasteiger partial charge < -0.3 is 53.5 Å². The summed E-state index contributed by atoms with van der Waals surface area (Å²) >= 11 is 7.99. The number of hydroxylamine groups is 2. The van der Waals surface area contributed by atoms with Gasteiger partial charge in [0, 0.05) is 65.5 Å². The Morgan fingerprint density at radius 1 is 0.568 bits per heavy atom. The van der Waals surface area contributed by atoms with Crippen LogP contribution in [0, 0.1) is 4.43 Å². The van der Waals surface area contributed by atoms with Crippen LogP contribution in [0.4, 0.5) is 29.7 Å². The number of hydrogen-bond donors (Lipinski definition) is 6. The molecule has 0 amide bonds. The number of benzene rings is 4. The van der Waals surface area contributed by atoms with Gasteiger partial charge in [-0.2, -0.15) is 36.3 Å². The maximum absolute atomic E-state index is 8.00. The van der Waals surface area contributed by atoms with E-state index in [1.165, 1.54) is 12.0 Å². The molecule has 81 heavy (non-hydrogen) atoms. The Morgan fingerprint density at radius 2 is 0.877 bits per heavy atom. The van der Waals surface area contributed by atoms with Crippen molar-refractivity contribution in [2.24, 2.45) is 11.1 Å². The third-order valence-corrected chi connectivity index (χ3v) is 9.60. The molecule has 6 rings (SSSR count). The summed E-state index contributed by atoms with van der Waals surface area (Å²) < 4.78 is 2.09. The molecular formula is C57H97Cl3IN14O5V-. The largest absolute Gasteiger partial charge is 0.391 e. The van der Waals surface area contributed by atoms with Crippen molar-refractivity contribution in [3.05, 3.63) is 153 Å². The van der Waals surface area contributed by atoms with Crippen LogP contribution in [0.2, 0.25) is 5.28 Å². The van der Waals surface area contributed by atoms with Crippen molar-refractivity contribution in [1.29, 1.82) is 0 Å².